The molecule has 2 heterocycles. The van der Waals surface area contributed by atoms with Crippen LogP contribution in [0, 0.1) is 5.92 Å². The van der Waals surface area contributed by atoms with Gasteiger partial charge in [-0.2, -0.15) is 0 Å². The third kappa shape index (κ3) is 4.70. The molecule has 0 spiro atoms. The zero-order valence-electron chi connectivity index (χ0n) is 15.8. The normalized spacial score (nSPS) is 21.9. The van der Waals surface area contributed by atoms with Crippen molar-refractivity contribution in [2.24, 2.45) is 5.92 Å². The number of carbonyl (C=O) groups is 2. The van der Waals surface area contributed by atoms with Crippen LogP contribution in [0.3, 0.4) is 0 Å². The lowest BCUT2D eigenvalue weighted by Gasteiger charge is -2.37. The Hall–Kier alpha value is -2.31. The fourth-order valence-corrected chi connectivity index (χ4v) is 3.47. The fourth-order valence-electron chi connectivity index (χ4n) is 3.47. The SMILES string of the molecule is CCOC(=O)N1C=CC=C(N2CCC(F)(C(=O)NCC3CCC3)CC2)C=C1. The zero-order chi connectivity index (χ0) is 19.3. The second kappa shape index (κ2) is 8.59. The second-order valence-electron chi connectivity index (χ2n) is 7.31. The predicted molar refractivity (Wildman–Crippen MR) is 100 cm³/mol. The summed E-state index contributed by atoms with van der Waals surface area (Å²) in [6.45, 7) is 3.57. The molecule has 2 amide bonds. The molecular formula is C20H28FN3O3. The maximum atomic E-state index is 15.1. The molecule has 3 rings (SSSR count). The maximum Gasteiger partial charge on any atom is 0.417 e. The number of ether oxygens (including phenoxy) is 1. The van der Waals surface area contributed by atoms with E-state index in [0.29, 0.717) is 32.2 Å². The number of carbonyl (C=O) groups excluding carboxylic acids is 2. The minimum atomic E-state index is -1.79. The van der Waals surface area contributed by atoms with Gasteiger partial charge in [-0.25, -0.2) is 9.18 Å². The molecule has 1 saturated heterocycles. The number of allylic oxidation sites excluding steroid dienone is 3. The third-order valence-electron chi connectivity index (χ3n) is 5.50. The summed E-state index contributed by atoms with van der Waals surface area (Å²) in [7, 11) is 0. The van der Waals surface area contributed by atoms with E-state index in [1.807, 2.05) is 11.0 Å². The Labute approximate surface area is 159 Å². The average molecular weight is 377 g/mol. The molecule has 1 N–H and O–H groups in total. The van der Waals surface area contributed by atoms with Crippen molar-refractivity contribution in [1.29, 1.82) is 0 Å². The minimum Gasteiger partial charge on any atom is -0.449 e. The van der Waals surface area contributed by atoms with E-state index in [1.54, 1.807) is 31.5 Å². The topological polar surface area (TPSA) is 61.9 Å². The molecule has 0 bridgehead atoms. The summed E-state index contributed by atoms with van der Waals surface area (Å²) < 4.78 is 20.0. The van der Waals surface area contributed by atoms with Gasteiger partial charge in [0.1, 0.15) is 0 Å². The second-order valence-corrected chi connectivity index (χ2v) is 7.31. The summed E-state index contributed by atoms with van der Waals surface area (Å²) in [4.78, 5) is 27.5. The lowest BCUT2D eigenvalue weighted by molar-refractivity contribution is -0.136. The van der Waals surface area contributed by atoms with Crippen LogP contribution in [0.5, 0.6) is 0 Å². The average Bonchev–Trinajstić information content (AvgIpc) is 2.87. The van der Waals surface area contributed by atoms with Gasteiger partial charge >= 0.3 is 6.09 Å². The van der Waals surface area contributed by atoms with Crippen molar-refractivity contribution in [3.8, 4) is 0 Å². The Balaban J connectivity index is 1.51. The number of hydrogen-bond donors (Lipinski definition) is 1. The van der Waals surface area contributed by atoms with E-state index in [-0.39, 0.29) is 12.8 Å². The minimum absolute atomic E-state index is 0.167. The van der Waals surface area contributed by atoms with Gasteiger partial charge < -0.3 is 15.0 Å². The van der Waals surface area contributed by atoms with Crippen molar-refractivity contribution < 1.29 is 18.7 Å². The first-order valence-electron chi connectivity index (χ1n) is 9.76. The number of piperidine rings is 1. The van der Waals surface area contributed by atoms with Crippen LogP contribution in [0.2, 0.25) is 0 Å². The summed E-state index contributed by atoms with van der Waals surface area (Å²) in [5.41, 5.74) is -0.905. The highest BCUT2D eigenvalue weighted by atomic mass is 19.1. The summed E-state index contributed by atoms with van der Waals surface area (Å²) in [6, 6.07) is 0. The summed E-state index contributed by atoms with van der Waals surface area (Å²) in [5, 5.41) is 2.80. The summed E-state index contributed by atoms with van der Waals surface area (Å²) in [6.07, 6.45) is 12.1. The van der Waals surface area contributed by atoms with Crippen LogP contribution in [0.1, 0.15) is 39.0 Å². The molecular weight excluding hydrogens is 349 g/mol. The van der Waals surface area contributed by atoms with Gasteiger partial charge in [-0.3, -0.25) is 9.69 Å². The highest BCUT2D eigenvalue weighted by Crippen LogP contribution is 2.30. The molecule has 0 aromatic heterocycles. The molecule has 0 radical (unpaired) electrons. The fraction of sp³-hybridized carbons (Fsp3) is 0.600. The highest BCUT2D eigenvalue weighted by Gasteiger charge is 2.42. The molecule has 6 nitrogen and oxygen atoms in total. The molecule has 148 valence electrons. The molecule has 0 aromatic carbocycles. The van der Waals surface area contributed by atoms with E-state index in [4.69, 9.17) is 4.74 Å². The lowest BCUT2D eigenvalue weighted by atomic mass is 9.85. The van der Waals surface area contributed by atoms with E-state index >= 15 is 4.39 Å². The molecule has 2 aliphatic heterocycles. The van der Waals surface area contributed by atoms with Gasteiger partial charge in [0.25, 0.3) is 5.91 Å². The number of nitrogens with zero attached hydrogens (tertiary/aromatic N) is 2. The van der Waals surface area contributed by atoms with Crippen molar-refractivity contribution in [3.05, 3.63) is 36.3 Å². The first kappa shape index (κ1) is 19.5. The number of alkyl halides is 1. The first-order chi connectivity index (χ1) is 13.0. The molecule has 1 saturated carbocycles. The number of hydrogen-bond acceptors (Lipinski definition) is 4. The van der Waals surface area contributed by atoms with Gasteiger partial charge in [0.15, 0.2) is 5.67 Å². The standard InChI is InChI=1S/C20H28FN3O3/c1-2-27-19(26)24-11-4-7-17(8-12-24)23-13-9-20(21,10-14-23)18(25)22-15-16-5-3-6-16/h4,7-8,11-12,16H,2-3,5-6,9-10,13-15H2,1H3,(H,22,25). The van der Waals surface area contributed by atoms with Crippen molar-refractivity contribution in [1.82, 2.24) is 15.1 Å². The van der Waals surface area contributed by atoms with Crippen LogP contribution in [-0.2, 0) is 9.53 Å². The molecule has 27 heavy (non-hydrogen) atoms. The van der Waals surface area contributed by atoms with E-state index in [2.05, 4.69) is 5.32 Å². The van der Waals surface area contributed by atoms with Gasteiger partial charge in [-0.15, -0.1) is 0 Å². The Bertz CT molecular complexity index is 647. The first-order valence-corrected chi connectivity index (χ1v) is 9.76. The van der Waals surface area contributed by atoms with Crippen LogP contribution in [0.15, 0.2) is 36.3 Å². The van der Waals surface area contributed by atoms with E-state index in [9.17, 15) is 9.59 Å². The summed E-state index contributed by atoms with van der Waals surface area (Å²) >= 11 is 0. The number of halogens is 1. The Morgan fingerprint density at radius 1 is 1.30 bits per heavy atom. The van der Waals surface area contributed by atoms with E-state index in [1.165, 1.54) is 11.3 Å². The quantitative estimate of drug-likeness (QED) is 0.800. The Morgan fingerprint density at radius 2 is 2.04 bits per heavy atom. The van der Waals surface area contributed by atoms with Crippen LogP contribution >= 0.6 is 0 Å². The van der Waals surface area contributed by atoms with Crippen LogP contribution in [-0.4, -0.2) is 53.7 Å². The largest absolute Gasteiger partial charge is 0.449 e. The molecule has 0 unspecified atom stereocenters. The molecule has 1 aliphatic carbocycles. The lowest BCUT2D eigenvalue weighted by Crippen LogP contribution is -2.51. The van der Waals surface area contributed by atoms with Gasteiger partial charge in [0, 0.05) is 50.6 Å². The molecule has 0 atom stereocenters. The Morgan fingerprint density at radius 3 is 2.67 bits per heavy atom. The smallest absolute Gasteiger partial charge is 0.417 e. The van der Waals surface area contributed by atoms with Crippen LogP contribution in [0.25, 0.3) is 0 Å². The molecule has 7 heteroatoms. The van der Waals surface area contributed by atoms with Crippen molar-refractivity contribution in [3.63, 3.8) is 0 Å². The van der Waals surface area contributed by atoms with Gasteiger partial charge in [-0.05, 0) is 43.9 Å². The number of nitrogens with one attached hydrogen (secondary N) is 1. The molecule has 2 fully saturated rings. The van der Waals surface area contributed by atoms with Gasteiger partial charge in [0.05, 0.1) is 6.61 Å². The number of likely N-dealkylation sites (tertiary alicyclic amines) is 1. The van der Waals surface area contributed by atoms with E-state index in [0.717, 1.165) is 18.5 Å². The highest BCUT2D eigenvalue weighted by molar-refractivity contribution is 5.85. The van der Waals surface area contributed by atoms with Crippen LogP contribution in [0.4, 0.5) is 9.18 Å². The van der Waals surface area contributed by atoms with Crippen molar-refractivity contribution in [2.75, 3.05) is 26.2 Å². The molecule has 3 aliphatic rings. The number of amides is 2. The third-order valence-corrected chi connectivity index (χ3v) is 5.50. The maximum absolute atomic E-state index is 15.1. The van der Waals surface area contributed by atoms with Crippen molar-refractivity contribution >= 4 is 12.0 Å². The number of rotatable bonds is 5. The monoisotopic (exact) mass is 377 g/mol. The van der Waals surface area contributed by atoms with Crippen LogP contribution < -0.4 is 5.32 Å². The van der Waals surface area contributed by atoms with Gasteiger partial charge in [0.2, 0.25) is 0 Å². The van der Waals surface area contributed by atoms with E-state index < -0.39 is 17.7 Å². The van der Waals surface area contributed by atoms with Crippen molar-refractivity contribution in [2.45, 2.75) is 44.7 Å². The zero-order valence-corrected chi connectivity index (χ0v) is 15.8. The predicted octanol–water partition coefficient (Wildman–Crippen LogP) is 3.09. The molecule has 0 aromatic rings. The van der Waals surface area contributed by atoms with Gasteiger partial charge in [-0.1, -0.05) is 6.42 Å². The summed E-state index contributed by atoms with van der Waals surface area (Å²) in [5.74, 6) is 0.0564. The Kier molecular flexibility index (Phi) is 6.19.